The molecule has 0 unspecified atom stereocenters. The molecule has 2 aromatic carbocycles. The van der Waals surface area contributed by atoms with Gasteiger partial charge < -0.3 is 19.6 Å². The van der Waals surface area contributed by atoms with Crippen LogP contribution in [-0.2, 0) is 11.2 Å². The van der Waals surface area contributed by atoms with Crippen LogP contribution in [0.25, 0.3) is 0 Å². The number of hydrogen-bond acceptors (Lipinski definition) is 5. The molecule has 3 aliphatic rings. The van der Waals surface area contributed by atoms with E-state index >= 15 is 0 Å². The lowest BCUT2D eigenvalue weighted by atomic mass is 9.96. The number of ether oxygens (including phenoxy) is 1. The third-order valence-electron chi connectivity index (χ3n) is 7.02. The summed E-state index contributed by atoms with van der Waals surface area (Å²) in [5, 5.41) is 10.9. The average molecular weight is 436 g/mol. The number of benzene rings is 2. The SMILES string of the molecule is COc1cccc(N2CCN(C[C@@H](O)c3ccc4c(c3)CCCN4C(=O)C3CC3)CC2)c1. The molecule has 2 aliphatic heterocycles. The maximum Gasteiger partial charge on any atom is 0.230 e. The topological polar surface area (TPSA) is 56.2 Å². The van der Waals surface area contributed by atoms with Gasteiger partial charge in [-0.3, -0.25) is 9.69 Å². The van der Waals surface area contributed by atoms with Crippen LogP contribution in [0.2, 0.25) is 0 Å². The van der Waals surface area contributed by atoms with Crippen LogP contribution >= 0.6 is 0 Å². The molecule has 0 aromatic heterocycles. The molecule has 0 radical (unpaired) electrons. The van der Waals surface area contributed by atoms with Crippen LogP contribution in [0.5, 0.6) is 5.75 Å². The van der Waals surface area contributed by atoms with Crippen LogP contribution in [0, 0.1) is 5.92 Å². The number of carbonyl (C=O) groups is 1. The first kappa shape index (κ1) is 21.3. The van der Waals surface area contributed by atoms with E-state index in [9.17, 15) is 9.90 Å². The lowest BCUT2D eigenvalue weighted by molar-refractivity contribution is -0.119. The Labute approximate surface area is 190 Å². The molecule has 1 atom stereocenters. The highest BCUT2D eigenvalue weighted by atomic mass is 16.5. The highest BCUT2D eigenvalue weighted by Gasteiger charge is 2.35. The van der Waals surface area contributed by atoms with Gasteiger partial charge >= 0.3 is 0 Å². The van der Waals surface area contributed by atoms with E-state index < -0.39 is 6.10 Å². The van der Waals surface area contributed by atoms with E-state index in [4.69, 9.17) is 4.74 Å². The summed E-state index contributed by atoms with van der Waals surface area (Å²) >= 11 is 0. The van der Waals surface area contributed by atoms with Gasteiger partial charge in [0.05, 0.1) is 13.2 Å². The molecule has 2 fully saturated rings. The number of fused-ring (bicyclic) bond motifs is 1. The van der Waals surface area contributed by atoms with E-state index in [0.717, 1.165) is 75.4 Å². The molecule has 5 rings (SSSR count). The van der Waals surface area contributed by atoms with Crippen molar-refractivity contribution < 1.29 is 14.6 Å². The summed E-state index contributed by atoms with van der Waals surface area (Å²) in [5.41, 5.74) is 4.39. The molecule has 1 saturated carbocycles. The van der Waals surface area contributed by atoms with Crippen molar-refractivity contribution in [1.82, 2.24) is 4.90 Å². The molecule has 2 heterocycles. The van der Waals surface area contributed by atoms with E-state index in [1.165, 1.54) is 11.3 Å². The predicted octanol–water partition coefficient (Wildman–Crippen LogP) is 3.24. The quantitative estimate of drug-likeness (QED) is 0.755. The van der Waals surface area contributed by atoms with E-state index in [2.05, 4.69) is 28.0 Å². The first-order valence-electron chi connectivity index (χ1n) is 11.9. The van der Waals surface area contributed by atoms with Gasteiger partial charge in [0.25, 0.3) is 0 Å². The minimum atomic E-state index is -0.516. The number of amides is 1. The van der Waals surface area contributed by atoms with Gasteiger partial charge in [0.1, 0.15) is 5.75 Å². The predicted molar refractivity (Wildman–Crippen MR) is 126 cm³/mol. The summed E-state index contributed by atoms with van der Waals surface area (Å²) in [6.07, 6.45) is 3.53. The van der Waals surface area contributed by atoms with E-state index in [0.29, 0.717) is 6.54 Å². The largest absolute Gasteiger partial charge is 0.497 e. The summed E-state index contributed by atoms with van der Waals surface area (Å²) in [6.45, 7) is 5.16. The third kappa shape index (κ3) is 4.48. The number of hydrogen-bond donors (Lipinski definition) is 1. The monoisotopic (exact) mass is 435 g/mol. The number of aryl methyl sites for hydroxylation is 1. The van der Waals surface area contributed by atoms with Gasteiger partial charge in [-0.1, -0.05) is 18.2 Å². The number of methoxy groups -OCH3 is 1. The van der Waals surface area contributed by atoms with E-state index in [1.54, 1.807) is 7.11 Å². The molecule has 2 aromatic rings. The summed E-state index contributed by atoms with van der Waals surface area (Å²) in [4.78, 5) is 19.3. The Morgan fingerprint density at radius 2 is 1.91 bits per heavy atom. The Hall–Kier alpha value is -2.57. The lowest BCUT2D eigenvalue weighted by Crippen LogP contribution is -2.47. The van der Waals surface area contributed by atoms with Crippen LogP contribution in [0.4, 0.5) is 11.4 Å². The number of anilines is 2. The molecule has 32 heavy (non-hydrogen) atoms. The number of carbonyl (C=O) groups excluding carboxylic acids is 1. The summed E-state index contributed by atoms with van der Waals surface area (Å²) in [6, 6.07) is 14.4. The van der Waals surface area contributed by atoms with E-state index in [-0.39, 0.29) is 11.8 Å². The van der Waals surface area contributed by atoms with Crippen molar-refractivity contribution in [2.24, 2.45) is 5.92 Å². The minimum Gasteiger partial charge on any atom is -0.497 e. The van der Waals surface area contributed by atoms with Crippen LogP contribution in [0.3, 0.4) is 0 Å². The van der Waals surface area contributed by atoms with Gasteiger partial charge in [-0.2, -0.15) is 0 Å². The normalized spacial score (nSPS) is 20.1. The molecule has 0 bridgehead atoms. The maximum absolute atomic E-state index is 12.6. The van der Waals surface area contributed by atoms with Gasteiger partial charge in [-0.15, -0.1) is 0 Å². The summed E-state index contributed by atoms with van der Waals surface area (Å²) in [7, 11) is 1.70. The fraction of sp³-hybridized carbons (Fsp3) is 0.500. The van der Waals surface area contributed by atoms with Gasteiger partial charge in [0.15, 0.2) is 0 Å². The number of piperazine rings is 1. The molecule has 6 nitrogen and oxygen atoms in total. The highest BCUT2D eigenvalue weighted by molar-refractivity contribution is 5.97. The number of aliphatic hydroxyl groups excluding tert-OH is 1. The van der Waals surface area contributed by atoms with Crippen molar-refractivity contribution >= 4 is 17.3 Å². The van der Waals surface area contributed by atoms with Crippen molar-refractivity contribution in [2.75, 3.05) is 56.2 Å². The Balaban J connectivity index is 1.19. The summed E-state index contributed by atoms with van der Waals surface area (Å²) < 4.78 is 5.35. The Morgan fingerprint density at radius 3 is 2.66 bits per heavy atom. The van der Waals surface area contributed by atoms with Crippen molar-refractivity contribution in [3.63, 3.8) is 0 Å². The van der Waals surface area contributed by atoms with Gasteiger partial charge in [0, 0.05) is 62.6 Å². The molecular formula is C26H33N3O3. The molecule has 1 aliphatic carbocycles. The number of rotatable bonds is 6. The standard InChI is InChI=1S/C26H33N3O3/c1-32-23-6-2-5-22(17-23)28-14-12-27(13-15-28)18-25(30)21-9-10-24-20(16-21)4-3-11-29(24)26(31)19-7-8-19/h2,5-6,9-10,16-17,19,25,30H,3-4,7-8,11-15,18H2,1H3/t25-/m1/s1. The average Bonchev–Trinajstić information content (AvgIpc) is 3.69. The van der Waals surface area contributed by atoms with Crippen molar-refractivity contribution in [2.45, 2.75) is 31.8 Å². The van der Waals surface area contributed by atoms with Crippen molar-refractivity contribution in [3.05, 3.63) is 53.6 Å². The lowest BCUT2D eigenvalue weighted by Gasteiger charge is -2.37. The molecule has 1 N–H and O–H groups in total. The van der Waals surface area contributed by atoms with Gasteiger partial charge in [0.2, 0.25) is 5.91 Å². The fourth-order valence-electron chi connectivity index (χ4n) is 4.95. The second kappa shape index (κ2) is 9.12. The molecule has 1 saturated heterocycles. The van der Waals surface area contributed by atoms with Crippen LogP contribution < -0.4 is 14.5 Å². The smallest absolute Gasteiger partial charge is 0.230 e. The molecule has 6 heteroatoms. The fourth-order valence-corrected chi connectivity index (χ4v) is 4.95. The number of β-amino-alcohol motifs (C(OH)–C–C–N with tert-alkyl or cyclic N) is 1. The molecule has 1 amide bonds. The molecule has 0 spiro atoms. The first-order valence-corrected chi connectivity index (χ1v) is 11.9. The van der Waals surface area contributed by atoms with Gasteiger partial charge in [-0.05, 0) is 55.0 Å². The third-order valence-corrected chi connectivity index (χ3v) is 7.02. The first-order chi connectivity index (χ1) is 15.6. The summed E-state index contributed by atoms with van der Waals surface area (Å²) in [5.74, 6) is 1.40. The number of aliphatic hydroxyl groups is 1. The molecule has 170 valence electrons. The minimum absolute atomic E-state index is 0.238. The van der Waals surface area contributed by atoms with Crippen molar-refractivity contribution in [1.29, 1.82) is 0 Å². The van der Waals surface area contributed by atoms with Crippen molar-refractivity contribution in [3.8, 4) is 5.75 Å². The zero-order valence-electron chi connectivity index (χ0n) is 18.9. The maximum atomic E-state index is 12.6. The zero-order chi connectivity index (χ0) is 22.1. The van der Waals surface area contributed by atoms with Crippen LogP contribution in [0.1, 0.15) is 36.5 Å². The second-order valence-electron chi connectivity index (χ2n) is 9.26. The second-order valence-corrected chi connectivity index (χ2v) is 9.26. The Kier molecular flexibility index (Phi) is 6.07. The Bertz CT molecular complexity index is 967. The number of nitrogens with zero attached hydrogens (tertiary/aromatic N) is 3. The van der Waals surface area contributed by atoms with Crippen LogP contribution in [-0.4, -0.2) is 62.3 Å². The van der Waals surface area contributed by atoms with E-state index in [1.807, 2.05) is 29.2 Å². The Morgan fingerprint density at radius 1 is 1.09 bits per heavy atom. The highest BCUT2D eigenvalue weighted by Crippen LogP contribution is 2.36. The van der Waals surface area contributed by atoms with Gasteiger partial charge in [-0.25, -0.2) is 0 Å². The zero-order valence-corrected chi connectivity index (χ0v) is 18.9. The molecular weight excluding hydrogens is 402 g/mol. The van der Waals surface area contributed by atoms with Crippen LogP contribution in [0.15, 0.2) is 42.5 Å².